The van der Waals surface area contributed by atoms with Gasteiger partial charge in [-0.3, -0.25) is 0 Å². The first-order chi connectivity index (χ1) is 10.8. The largest absolute Gasteiger partial charge is 0.412 e. The van der Waals surface area contributed by atoms with Crippen LogP contribution in [0.3, 0.4) is 0 Å². The van der Waals surface area contributed by atoms with Crippen LogP contribution in [0, 0.1) is 15.3 Å². The van der Waals surface area contributed by atoms with Crippen molar-refractivity contribution >= 4 is 35.2 Å². The standard InChI is InChI=1S/C18H22ClNOS2/c1-5-14(18(2,3)4)10-11-21-20-16(12-23-17(20)22)13-6-8-15(19)9-7-13/h5-9,12,14H,1,10-11H2,2-4H3. The molecule has 2 aromatic rings. The number of thiazole rings is 1. The van der Waals surface area contributed by atoms with Gasteiger partial charge in [-0.05, 0) is 42.1 Å². The summed E-state index contributed by atoms with van der Waals surface area (Å²) in [4.78, 5) is 5.96. The molecule has 0 saturated carbocycles. The summed E-state index contributed by atoms with van der Waals surface area (Å²) in [6.45, 7) is 11.2. The van der Waals surface area contributed by atoms with E-state index in [2.05, 4.69) is 27.4 Å². The number of allylic oxidation sites excluding steroid dienone is 1. The predicted molar refractivity (Wildman–Crippen MR) is 103 cm³/mol. The number of halogens is 1. The molecular formula is C18H22ClNOS2. The summed E-state index contributed by atoms with van der Waals surface area (Å²) < 4.78 is 2.45. The van der Waals surface area contributed by atoms with Gasteiger partial charge in [0.15, 0.2) is 3.95 Å². The van der Waals surface area contributed by atoms with E-state index in [-0.39, 0.29) is 5.41 Å². The molecule has 2 rings (SSSR count). The number of hydrogen-bond donors (Lipinski definition) is 0. The Labute approximate surface area is 152 Å². The maximum atomic E-state index is 5.96. The van der Waals surface area contributed by atoms with Crippen LogP contribution in [-0.4, -0.2) is 11.3 Å². The SMILES string of the molecule is C=CC(CCOn1c(-c2ccc(Cl)cc2)csc1=S)C(C)(C)C. The van der Waals surface area contributed by atoms with E-state index in [1.807, 2.05) is 35.7 Å². The molecule has 0 spiro atoms. The van der Waals surface area contributed by atoms with Crippen molar-refractivity contribution in [1.29, 1.82) is 0 Å². The number of nitrogens with zero attached hydrogens (tertiary/aromatic N) is 1. The summed E-state index contributed by atoms with van der Waals surface area (Å²) >= 11 is 12.8. The van der Waals surface area contributed by atoms with Crippen molar-refractivity contribution < 1.29 is 4.84 Å². The van der Waals surface area contributed by atoms with Gasteiger partial charge >= 0.3 is 0 Å². The predicted octanol–water partition coefficient (Wildman–Crippen LogP) is 6.27. The normalized spacial score (nSPS) is 12.9. The van der Waals surface area contributed by atoms with Gasteiger partial charge in [-0.1, -0.05) is 50.6 Å². The number of aromatic nitrogens is 1. The van der Waals surface area contributed by atoms with E-state index in [9.17, 15) is 0 Å². The fourth-order valence-electron chi connectivity index (χ4n) is 2.40. The Bertz CT molecular complexity index is 710. The van der Waals surface area contributed by atoms with Gasteiger partial charge in [0, 0.05) is 16.0 Å². The first-order valence-electron chi connectivity index (χ1n) is 7.55. The highest BCUT2D eigenvalue weighted by Gasteiger charge is 2.21. The molecule has 0 radical (unpaired) electrons. The van der Waals surface area contributed by atoms with E-state index in [4.69, 9.17) is 28.7 Å². The highest BCUT2D eigenvalue weighted by Crippen LogP contribution is 2.29. The van der Waals surface area contributed by atoms with E-state index in [0.717, 1.165) is 17.7 Å². The highest BCUT2D eigenvalue weighted by atomic mass is 35.5. The molecule has 1 heterocycles. The second-order valence-corrected chi connectivity index (χ2v) is 8.46. The molecule has 0 N–H and O–H groups in total. The molecule has 1 aromatic heterocycles. The average Bonchev–Trinajstić information content (AvgIpc) is 2.84. The van der Waals surface area contributed by atoms with Gasteiger partial charge in [-0.15, -0.1) is 17.9 Å². The summed E-state index contributed by atoms with van der Waals surface area (Å²) in [6.07, 6.45) is 2.92. The first kappa shape index (κ1) is 18.2. The second-order valence-electron chi connectivity index (χ2n) is 6.52. The molecule has 0 fully saturated rings. The Kier molecular flexibility index (Phi) is 6.06. The topological polar surface area (TPSA) is 14.2 Å². The summed E-state index contributed by atoms with van der Waals surface area (Å²) in [5.74, 6) is 0.397. The third kappa shape index (κ3) is 4.69. The molecule has 1 atom stereocenters. The minimum atomic E-state index is 0.181. The van der Waals surface area contributed by atoms with Crippen molar-refractivity contribution in [1.82, 2.24) is 4.73 Å². The molecule has 0 saturated heterocycles. The zero-order chi connectivity index (χ0) is 17.0. The lowest BCUT2D eigenvalue weighted by Gasteiger charge is -2.27. The van der Waals surface area contributed by atoms with E-state index in [1.54, 1.807) is 4.73 Å². The summed E-state index contributed by atoms with van der Waals surface area (Å²) in [5.41, 5.74) is 2.18. The van der Waals surface area contributed by atoms with Crippen molar-refractivity contribution in [3.05, 3.63) is 51.3 Å². The van der Waals surface area contributed by atoms with Crippen LogP contribution in [0.1, 0.15) is 27.2 Å². The highest BCUT2D eigenvalue weighted by molar-refractivity contribution is 7.73. The molecule has 0 aliphatic carbocycles. The van der Waals surface area contributed by atoms with Crippen molar-refractivity contribution in [2.45, 2.75) is 27.2 Å². The molecule has 0 aliphatic rings. The molecule has 5 heteroatoms. The molecular weight excluding hydrogens is 346 g/mol. The molecule has 2 nitrogen and oxygen atoms in total. The minimum Gasteiger partial charge on any atom is -0.412 e. The molecule has 23 heavy (non-hydrogen) atoms. The Hall–Kier alpha value is -1.10. The maximum absolute atomic E-state index is 5.96. The Morgan fingerprint density at radius 2 is 2.00 bits per heavy atom. The van der Waals surface area contributed by atoms with Crippen LogP contribution in [0.2, 0.25) is 5.02 Å². The Morgan fingerprint density at radius 1 is 1.35 bits per heavy atom. The Morgan fingerprint density at radius 3 is 2.57 bits per heavy atom. The zero-order valence-electron chi connectivity index (χ0n) is 13.7. The Balaban J connectivity index is 2.12. The van der Waals surface area contributed by atoms with Crippen molar-refractivity contribution in [3.8, 4) is 11.3 Å². The van der Waals surface area contributed by atoms with Crippen molar-refractivity contribution in [2.24, 2.45) is 11.3 Å². The van der Waals surface area contributed by atoms with Gasteiger partial charge in [0.05, 0.1) is 5.69 Å². The van der Waals surface area contributed by atoms with Crippen LogP contribution in [0.5, 0.6) is 0 Å². The third-order valence-corrected chi connectivity index (χ3v) is 5.26. The number of benzene rings is 1. The maximum Gasteiger partial charge on any atom is 0.197 e. The average molecular weight is 368 g/mol. The fourth-order valence-corrected chi connectivity index (χ4v) is 3.52. The fraction of sp³-hybridized carbons (Fsp3) is 0.389. The quantitative estimate of drug-likeness (QED) is 0.441. The van der Waals surface area contributed by atoms with Crippen molar-refractivity contribution in [3.63, 3.8) is 0 Å². The van der Waals surface area contributed by atoms with Crippen LogP contribution in [0.25, 0.3) is 11.3 Å². The lowest BCUT2D eigenvalue weighted by atomic mass is 9.79. The molecule has 1 aromatic carbocycles. The third-order valence-electron chi connectivity index (χ3n) is 3.84. The number of hydrogen-bond acceptors (Lipinski definition) is 3. The molecule has 1 unspecified atom stereocenters. The first-order valence-corrected chi connectivity index (χ1v) is 9.22. The molecule has 124 valence electrons. The molecule has 0 amide bonds. The van der Waals surface area contributed by atoms with Gasteiger partial charge in [0.25, 0.3) is 0 Å². The van der Waals surface area contributed by atoms with Crippen LogP contribution in [-0.2, 0) is 0 Å². The summed E-state index contributed by atoms with van der Waals surface area (Å²) in [6, 6.07) is 7.69. The minimum absolute atomic E-state index is 0.181. The number of rotatable bonds is 6. The van der Waals surface area contributed by atoms with Crippen molar-refractivity contribution in [2.75, 3.05) is 6.61 Å². The van der Waals surface area contributed by atoms with E-state index >= 15 is 0 Å². The van der Waals surface area contributed by atoms with Gasteiger partial charge in [-0.2, -0.15) is 4.73 Å². The van der Waals surface area contributed by atoms with Gasteiger partial charge in [0.2, 0.25) is 0 Å². The van der Waals surface area contributed by atoms with Crippen LogP contribution in [0.4, 0.5) is 0 Å². The lowest BCUT2D eigenvalue weighted by molar-refractivity contribution is 0.0920. The zero-order valence-corrected chi connectivity index (χ0v) is 16.1. The van der Waals surface area contributed by atoms with Crippen LogP contribution < -0.4 is 4.84 Å². The molecule has 0 bridgehead atoms. The monoisotopic (exact) mass is 367 g/mol. The molecule has 0 aliphatic heterocycles. The van der Waals surface area contributed by atoms with E-state index in [1.165, 1.54) is 11.3 Å². The smallest absolute Gasteiger partial charge is 0.197 e. The van der Waals surface area contributed by atoms with Gasteiger partial charge in [-0.25, -0.2) is 0 Å². The lowest BCUT2D eigenvalue weighted by Crippen LogP contribution is -2.23. The van der Waals surface area contributed by atoms with Crippen LogP contribution in [0.15, 0.2) is 42.3 Å². The van der Waals surface area contributed by atoms with Gasteiger partial charge in [0.1, 0.15) is 6.61 Å². The van der Waals surface area contributed by atoms with Crippen LogP contribution >= 0.6 is 35.2 Å². The van der Waals surface area contributed by atoms with E-state index in [0.29, 0.717) is 21.5 Å². The summed E-state index contributed by atoms with van der Waals surface area (Å²) in [7, 11) is 0. The van der Waals surface area contributed by atoms with Gasteiger partial charge < -0.3 is 4.84 Å². The summed E-state index contributed by atoms with van der Waals surface area (Å²) in [5, 5.41) is 2.73. The second kappa shape index (κ2) is 7.65. The van der Waals surface area contributed by atoms with E-state index < -0.39 is 0 Å².